The maximum atomic E-state index is 12.0. The Morgan fingerprint density at radius 3 is 2.36 bits per heavy atom. The smallest absolute Gasteiger partial charge is 0.238 e. The van der Waals surface area contributed by atoms with E-state index >= 15 is 0 Å². The standard InChI is InChI=1S/C18H28N2O2/c1-14(2)22-17-11-9-16(10-12-17)20-18(21)13-19-15-7-5-3-4-6-8-15/h9-12,14-15,19H,3-8,13H2,1-2H3,(H,20,21). The highest BCUT2D eigenvalue weighted by Gasteiger charge is 2.13. The molecule has 0 heterocycles. The van der Waals surface area contributed by atoms with Gasteiger partial charge in [0.25, 0.3) is 0 Å². The number of benzene rings is 1. The van der Waals surface area contributed by atoms with Crippen molar-refractivity contribution in [1.29, 1.82) is 0 Å². The summed E-state index contributed by atoms with van der Waals surface area (Å²) in [6, 6.07) is 8.01. The van der Waals surface area contributed by atoms with Crippen LogP contribution in [-0.4, -0.2) is 24.6 Å². The quantitative estimate of drug-likeness (QED) is 0.787. The van der Waals surface area contributed by atoms with Crippen LogP contribution in [0.4, 0.5) is 5.69 Å². The Labute approximate surface area is 133 Å². The van der Waals surface area contributed by atoms with Crippen molar-refractivity contribution >= 4 is 11.6 Å². The summed E-state index contributed by atoms with van der Waals surface area (Å²) < 4.78 is 5.59. The van der Waals surface area contributed by atoms with Gasteiger partial charge >= 0.3 is 0 Å². The van der Waals surface area contributed by atoms with Crippen molar-refractivity contribution in [3.63, 3.8) is 0 Å². The van der Waals surface area contributed by atoms with Gasteiger partial charge in [-0.05, 0) is 51.0 Å². The normalized spacial score (nSPS) is 16.3. The van der Waals surface area contributed by atoms with Crippen LogP contribution in [0, 0.1) is 0 Å². The third-order valence-corrected chi connectivity index (χ3v) is 3.92. The van der Waals surface area contributed by atoms with Crippen LogP contribution >= 0.6 is 0 Å². The van der Waals surface area contributed by atoms with Crippen LogP contribution in [0.2, 0.25) is 0 Å². The lowest BCUT2D eigenvalue weighted by Crippen LogP contribution is -2.35. The zero-order valence-corrected chi connectivity index (χ0v) is 13.7. The van der Waals surface area contributed by atoms with Gasteiger partial charge in [0.1, 0.15) is 5.75 Å². The van der Waals surface area contributed by atoms with Gasteiger partial charge < -0.3 is 15.4 Å². The first kappa shape index (κ1) is 16.8. The maximum absolute atomic E-state index is 12.0. The summed E-state index contributed by atoms with van der Waals surface area (Å²) in [6.07, 6.45) is 7.74. The van der Waals surface area contributed by atoms with E-state index in [0.717, 1.165) is 11.4 Å². The van der Waals surface area contributed by atoms with Crippen molar-refractivity contribution in [2.45, 2.75) is 64.5 Å². The van der Waals surface area contributed by atoms with Crippen LogP contribution in [0.25, 0.3) is 0 Å². The lowest BCUT2D eigenvalue weighted by molar-refractivity contribution is -0.115. The number of carbonyl (C=O) groups is 1. The summed E-state index contributed by atoms with van der Waals surface area (Å²) in [5.74, 6) is 0.839. The van der Waals surface area contributed by atoms with Gasteiger partial charge in [0.2, 0.25) is 5.91 Å². The zero-order valence-electron chi connectivity index (χ0n) is 13.7. The fourth-order valence-electron chi connectivity index (χ4n) is 2.81. The van der Waals surface area contributed by atoms with E-state index in [2.05, 4.69) is 10.6 Å². The first-order chi connectivity index (χ1) is 10.6. The molecular formula is C18H28N2O2. The molecule has 2 N–H and O–H groups in total. The number of ether oxygens (including phenoxy) is 1. The average molecular weight is 304 g/mol. The van der Waals surface area contributed by atoms with E-state index in [1.165, 1.54) is 38.5 Å². The van der Waals surface area contributed by atoms with Gasteiger partial charge in [-0.15, -0.1) is 0 Å². The van der Waals surface area contributed by atoms with Gasteiger partial charge in [-0.25, -0.2) is 0 Å². The van der Waals surface area contributed by atoms with E-state index in [-0.39, 0.29) is 12.0 Å². The first-order valence-electron chi connectivity index (χ1n) is 8.43. The summed E-state index contributed by atoms with van der Waals surface area (Å²) in [4.78, 5) is 12.0. The first-order valence-corrected chi connectivity index (χ1v) is 8.43. The molecular weight excluding hydrogens is 276 g/mol. The largest absolute Gasteiger partial charge is 0.491 e. The minimum atomic E-state index is 0.0155. The molecule has 0 spiro atoms. The van der Waals surface area contributed by atoms with Gasteiger partial charge in [-0.3, -0.25) is 4.79 Å². The summed E-state index contributed by atoms with van der Waals surface area (Å²) in [6.45, 7) is 4.37. The molecule has 22 heavy (non-hydrogen) atoms. The highest BCUT2D eigenvalue weighted by atomic mass is 16.5. The van der Waals surface area contributed by atoms with Crippen molar-refractivity contribution < 1.29 is 9.53 Å². The lowest BCUT2D eigenvalue weighted by atomic mass is 10.1. The summed E-state index contributed by atoms with van der Waals surface area (Å²) in [5, 5.41) is 6.30. The molecule has 0 aromatic heterocycles. The highest BCUT2D eigenvalue weighted by molar-refractivity contribution is 5.92. The van der Waals surface area contributed by atoms with E-state index in [9.17, 15) is 4.79 Å². The molecule has 1 aliphatic rings. The Bertz CT molecular complexity index is 449. The zero-order chi connectivity index (χ0) is 15.8. The highest BCUT2D eigenvalue weighted by Crippen LogP contribution is 2.18. The molecule has 1 aromatic carbocycles. The van der Waals surface area contributed by atoms with Crippen LogP contribution in [-0.2, 0) is 4.79 Å². The van der Waals surface area contributed by atoms with Gasteiger partial charge in [-0.1, -0.05) is 25.7 Å². The van der Waals surface area contributed by atoms with Gasteiger partial charge in [0.05, 0.1) is 12.6 Å². The second-order valence-electron chi connectivity index (χ2n) is 6.31. The van der Waals surface area contributed by atoms with Gasteiger partial charge in [0, 0.05) is 11.7 Å². The summed E-state index contributed by atoms with van der Waals surface area (Å²) in [5.41, 5.74) is 0.809. The Hall–Kier alpha value is -1.55. The predicted octanol–water partition coefficient (Wildman–Crippen LogP) is 3.72. The minimum absolute atomic E-state index is 0.0155. The monoisotopic (exact) mass is 304 g/mol. The summed E-state index contributed by atoms with van der Waals surface area (Å²) >= 11 is 0. The van der Waals surface area contributed by atoms with Crippen molar-refractivity contribution in [2.24, 2.45) is 0 Å². The van der Waals surface area contributed by atoms with Crippen LogP contribution in [0.1, 0.15) is 52.4 Å². The van der Waals surface area contributed by atoms with E-state index in [1.54, 1.807) is 0 Å². The Morgan fingerprint density at radius 2 is 1.77 bits per heavy atom. The fraction of sp³-hybridized carbons (Fsp3) is 0.611. The minimum Gasteiger partial charge on any atom is -0.491 e. The molecule has 2 rings (SSSR count). The number of nitrogens with one attached hydrogen (secondary N) is 2. The number of hydrogen-bond acceptors (Lipinski definition) is 3. The van der Waals surface area contributed by atoms with E-state index in [1.807, 2.05) is 38.1 Å². The van der Waals surface area contributed by atoms with E-state index < -0.39 is 0 Å². The molecule has 1 saturated carbocycles. The molecule has 0 aliphatic heterocycles. The summed E-state index contributed by atoms with van der Waals surface area (Å²) in [7, 11) is 0. The number of carbonyl (C=O) groups excluding carboxylic acids is 1. The number of anilines is 1. The number of amides is 1. The van der Waals surface area contributed by atoms with Gasteiger partial charge in [-0.2, -0.15) is 0 Å². The van der Waals surface area contributed by atoms with Crippen LogP contribution in [0.15, 0.2) is 24.3 Å². The number of hydrogen-bond donors (Lipinski definition) is 2. The molecule has 122 valence electrons. The molecule has 1 aliphatic carbocycles. The topological polar surface area (TPSA) is 50.4 Å². The molecule has 4 heteroatoms. The third kappa shape index (κ3) is 6.06. The van der Waals surface area contributed by atoms with Crippen molar-refractivity contribution in [3.05, 3.63) is 24.3 Å². The van der Waals surface area contributed by atoms with Crippen molar-refractivity contribution in [1.82, 2.24) is 5.32 Å². The lowest BCUT2D eigenvalue weighted by Gasteiger charge is -2.16. The van der Waals surface area contributed by atoms with Crippen LogP contribution in [0.3, 0.4) is 0 Å². The van der Waals surface area contributed by atoms with Crippen LogP contribution < -0.4 is 15.4 Å². The molecule has 1 fully saturated rings. The van der Waals surface area contributed by atoms with Crippen molar-refractivity contribution in [3.8, 4) is 5.75 Å². The predicted molar refractivity (Wildman–Crippen MR) is 90.3 cm³/mol. The molecule has 0 bridgehead atoms. The fourth-order valence-corrected chi connectivity index (χ4v) is 2.81. The molecule has 1 amide bonds. The molecule has 1 aromatic rings. The Balaban J connectivity index is 1.74. The number of rotatable bonds is 6. The Kier molecular flexibility index (Phi) is 6.72. The molecule has 4 nitrogen and oxygen atoms in total. The Morgan fingerprint density at radius 1 is 1.14 bits per heavy atom. The average Bonchev–Trinajstić information content (AvgIpc) is 2.75. The molecule has 0 atom stereocenters. The van der Waals surface area contributed by atoms with Crippen LogP contribution in [0.5, 0.6) is 5.75 Å². The second-order valence-corrected chi connectivity index (χ2v) is 6.31. The SMILES string of the molecule is CC(C)Oc1ccc(NC(=O)CNC2CCCCCC2)cc1. The molecule has 0 saturated heterocycles. The van der Waals surface area contributed by atoms with E-state index in [4.69, 9.17) is 4.74 Å². The van der Waals surface area contributed by atoms with E-state index in [0.29, 0.717) is 12.6 Å². The second kappa shape index (κ2) is 8.79. The maximum Gasteiger partial charge on any atom is 0.238 e. The van der Waals surface area contributed by atoms with Crippen molar-refractivity contribution in [2.75, 3.05) is 11.9 Å². The molecule has 0 unspecified atom stereocenters. The third-order valence-electron chi connectivity index (χ3n) is 3.92. The van der Waals surface area contributed by atoms with Gasteiger partial charge in [0.15, 0.2) is 0 Å². The molecule has 0 radical (unpaired) electrons.